The van der Waals surface area contributed by atoms with E-state index < -0.39 is 0 Å². The quantitative estimate of drug-likeness (QED) is 0.138. The van der Waals surface area contributed by atoms with Crippen LogP contribution in [0.25, 0.3) is 43.6 Å². The number of nitrogens with zero attached hydrogens (tertiary/aromatic N) is 4. The monoisotopic (exact) mass is 508 g/mol. The van der Waals surface area contributed by atoms with Crippen molar-refractivity contribution >= 4 is 43.6 Å². The first-order valence-electron chi connectivity index (χ1n) is 13.7. The fraction of sp³-hybridized carbons (Fsp3) is 0.375. The molecule has 198 valence electrons. The lowest BCUT2D eigenvalue weighted by Crippen LogP contribution is -2.20. The summed E-state index contributed by atoms with van der Waals surface area (Å²) < 4.78 is 0. The lowest BCUT2D eigenvalue weighted by molar-refractivity contribution is 0.394. The molecule has 5 aromatic rings. The van der Waals surface area contributed by atoms with Gasteiger partial charge in [-0.1, -0.05) is 18.2 Å². The average molecular weight is 509 g/mol. The molecule has 0 radical (unpaired) electrons. The maximum absolute atomic E-state index is 5.11. The molecule has 2 N–H and O–H groups in total. The Morgan fingerprint density at radius 3 is 1.74 bits per heavy atom. The van der Waals surface area contributed by atoms with E-state index in [0.29, 0.717) is 0 Å². The van der Waals surface area contributed by atoms with Crippen LogP contribution in [0.1, 0.15) is 24.0 Å². The van der Waals surface area contributed by atoms with Gasteiger partial charge >= 0.3 is 0 Å². The Balaban J connectivity index is 1.38. The molecule has 2 heterocycles. The highest BCUT2D eigenvalue weighted by Gasteiger charge is 2.09. The summed E-state index contributed by atoms with van der Waals surface area (Å²) in [5, 5.41) is 11.7. The van der Waals surface area contributed by atoms with Crippen molar-refractivity contribution in [2.24, 2.45) is 0 Å². The third-order valence-electron chi connectivity index (χ3n) is 7.07. The Morgan fingerprint density at radius 2 is 1.13 bits per heavy atom. The van der Waals surface area contributed by atoms with Crippen LogP contribution in [0.3, 0.4) is 0 Å². The van der Waals surface area contributed by atoms with Gasteiger partial charge in [-0.25, -0.2) is 9.97 Å². The Labute approximate surface area is 226 Å². The zero-order chi connectivity index (χ0) is 26.5. The molecule has 2 aromatic heterocycles. The van der Waals surface area contributed by atoms with Gasteiger partial charge in [0.05, 0.1) is 22.1 Å². The number of aromatic nitrogens is 2. The van der Waals surface area contributed by atoms with Crippen LogP contribution in [0.15, 0.2) is 60.7 Å². The van der Waals surface area contributed by atoms with E-state index in [9.17, 15) is 0 Å². The van der Waals surface area contributed by atoms with E-state index in [1.54, 1.807) is 0 Å². The number of pyridine rings is 2. The largest absolute Gasteiger partial charge is 0.313 e. The summed E-state index contributed by atoms with van der Waals surface area (Å²) in [4.78, 5) is 14.5. The minimum Gasteiger partial charge on any atom is -0.313 e. The van der Waals surface area contributed by atoms with Crippen LogP contribution in [0, 0.1) is 0 Å². The number of hydrogen-bond acceptors (Lipinski definition) is 6. The first-order chi connectivity index (χ1) is 18.5. The molecule has 0 spiro atoms. The van der Waals surface area contributed by atoms with Crippen molar-refractivity contribution in [2.45, 2.75) is 25.9 Å². The molecule has 0 atom stereocenters. The molecular weight excluding hydrogens is 468 g/mol. The van der Waals surface area contributed by atoms with E-state index in [1.165, 1.54) is 16.5 Å². The number of rotatable bonds is 12. The SMILES string of the molecule is CN(C)CCCNCc1ccc2nc3ccc4cc5cc(CNCCCN(C)C)ccc5nc4c3cc2c1. The highest BCUT2D eigenvalue weighted by atomic mass is 15.1. The van der Waals surface area contributed by atoms with E-state index in [1.807, 2.05) is 0 Å². The van der Waals surface area contributed by atoms with Gasteiger partial charge in [0, 0.05) is 34.6 Å². The normalized spacial score (nSPS) is 12.2. The van der Waals surface area contributed by atoms with Crippen LogP contribution in [-0.4, -0.2) is 74.1 Å². The van der Waals surface area contributed by atoms with E-state index in [2.05, 4.69) is 109 Å². The van der Waals surface area contributed by atoms with Gasteiger partial charge in [0.15, 0.2) is 0 Å². The standard InChI is InChI=1S/C32H40N6/c1-37(2)15-5-13-33-21-23-8-11-30-26(17-23)19-25-9-12-31-28(32(25)36-30)20-27-18-24(7-10-29(27)35-31)22-34-14-6-16-38(3)4/h7-12,17-20,33-34H,5-6,13-16,21-22H2,1-4H3. The van der Waals surface area contributed by atoms with Crippen LogP contribution in [0.4, 0.5) is 0 Å². The van der Waals surface area contributed by atoms with Gasteiger partial charge in [0.1, 0.15) is 0 Å². The molecule has 0 aliphatic rings. The average Bonchev–Trinajstić information content (AvgIpc) is 2.90. The van der Waals surface area contributed by atoms with Crippen molar-refractivity contribution in [1.82, 2.24) is 30.4 Å². The number of nitrogens with one attached hydrogen (secondary N) is 2. The third-order valence-corrected chi connectivity index (χ3v) is 7.07. The molecule has 0 bridgehead atoms. The van der Waals surface area contributed by atoms with Crippen LogP contribution < -0.4 is 10.6 Å². The van der Waals surface area contributed by atoms with E-state index in [4.69, 9.17) is 9.97 Å². The summed E-state index contributed by atoms with van der Waals surface area (Å²) in [7, 11) is 8.47. The minimum absolute atomic E-state index is 0.868. The fourth-order valence-corrected chi connectivity index (χ4v) is 5.04. The van der Waals surface area contributed by atoms with Crippen molar-refractivity contribution in [3.05, 3.63) is 71.8 Å². The smallest absolute Gasteiger partial charge is 0.0803 e. The topological polar surface area (TPSA) is 56.3 Å². The Bertz CT molecular complexity index is 1540. The fourth-order valence-electron chi connectivity index (χ4n) is 5.04. The van der Waals surface area contributed by atoms with Crippen molar-refractivity contribution in [2.75, 3.05) is 54.4 Å². The van der Waals surface area contributed by atoms with Crippen molar-refractivity contribution < 1.29 is 0 Å². The molecule has 0 saturated heterocycles. The summed E-state index contributed by atoms with van der Waals surface area (Å²) in [6, 6.07) is 22.0. The Kier molecular flexibility index (Phi) is 8.45. The minimum atomic E-state index is 0.868. The summed E-state index contributed by atoms with van der Waals surface area (Å²) in [5.41, 5.74) is 6.63. The molecular formula is C32H40N6. The molecule has 0 unspecified atom stereocenters. The van der Waals surface area contributed by atoms with Crippen LogP contribution in [-0.2, 0) is 13.1 Å². The van der Waals surface area contributed by atoms with Crippen LogP contribution in [0.2, 0.25) is 0 Å². The van der Waals surface area contributed by atoms with E-state index >= 15 is 0 Å². The summed E-state index contributed by atoms with van der Waals surface area (Å²) in [6.45, 7) is 5.99. The molecule has 0 fully saturated rings. The maximum Gasteiger partial charge on any atom is 0.0803 e. The lowest BCUT2D eigenvalue weighted by atomic mass is 10.0. The number of benzene rings is 3. The zero-order valence-corrected chi connectivity index (χ0v) is 23.2. The molecule has 38 heavy (non-hydrogen) atoms. The molecule has 6 heteroatoms. The highest BCUT2D eigenvalue weighted by Crippen LogP contribution is 2.29. The predicted octanol–water partition coefficient (Wildman–Crippen LogP) is 5.17. The Hall–Kier alpha value is -3.16. The first-order valence-corrected chi connectivity index (χ1v) is 13.7. The highest BCUT2D eigenvalue weighted by molar-refractivity contribution is 6.10. The second kappa shape index (κ2) is 12.1. The van der Waals surface area contributed by atoms with Gasteiger partial charge in [-0.2, -0.15) is 0 Å². The summed E-state index contributed by atoms with van der Waals surface area (Å²) in [5.74, 6) is 0. The van der Waals surface area contributed by atoms with Crippen molar-refractivity contribution in [1.29, 1.82) is 0 Å². The van der Waals surface area contributed by atoms with E-state index in [-0.39, 0.29) is 0 Å². The lowest BCUT2D eigenvalue weighted by Gasteiger charge is -2.11. The number of fused-ring (bicyclic) bond motifs is 5. The Morgan fingerprint density at radius 1 is 0.579 bits per heavy atom. The summed E-state index contributed by atoms with van der Waals surface area (Å²) >= 11 is 0. The second-order valence-electron chi connectivity index (χ2n) is 10.9. The summed E-state index contributed by atoms with van der Waals surface area (Å²) in [6.07, 6.45) is 2.30. The van der Waals surface area contributed by atoms with Gasteiger partial charge in [0.25, 0.3) is 0 Å². The van der Waals surface area contributed by atoms with Crippen molar-refractivity contribution in [3.63, 3.8) is 0 Å². The van der Waals surface area contributed by atoms with Gasteiger partial charge in [-0.05, 0) is 121 Å². The third kappa shape index (κ3) is 6.45. The van der Waals surface area contributed by atoms with Gasteiger partial charge in [-0.15, -0.1) is 0 Å². The molecule has 5 rings (SSSR count). The van der Waals surface area contributed by atoms with Crippen molar-refractivity contribution in [3.8, 4) is 0 Å². The van der Waals surface area contributed by atoms with Gasteiger partial charge in [-0.3, -0.25) is 0 Å². The van der Waals surface area contributed by atoms with Crippen LogP contribution >= 0.6 is 0 Å². The van der Waals surface area contributed by atoms with Crippen LogP contribution in [0.5, 0.6) is 0 Å². The zero-order valence-electron chi connectivity index (χ0n) is 23.2. The maximum atomic E-state index is 5.11. The molecule has 0 amide bonds. The second-order valence-corrected chi connectivity index (χ2v) is 10.9. The van der Waals surface area contributed by atoms with Gasteiger partial charge in [0.2, 0.25) is 0 Å². The molecule has 3 aromatic carbocycles. The van der Waals surface area contributed by atoms with E-state index in [0.717, 1.165) is 90.3 Å². The molecule has 0 aliphatic heterocycles. The first kappa shape index (κ1) is 26.4. The molecule has 0 saturated carbocycles. The predicted molar refractivity (Wildman–Crippen MR) is 162 cm³/mol. The molecule has 0 aliphatic carbocycles. The number of hydrogen-bond donors (Lipinski definition) is 2. The van der Waals surface area contributed by atoms with Gasteiger partial charge < -0.3 is 20.4 Å². The molecule has 6 nitrogen and oxygen atoms in total.